The predicted molar refractivity (Wildman–Crippen MR) is 72.4 cm³/mol. The van der Waals surface area contributed by atoms with Gasteiger partial charge in [-0.3, -0.25) is 4.68 Å². The predicted octanol–water partition coefficient (Wildman–Crippen LogP) is 2.67. The zero-order chi connectivity index (χ0) is 13.1. The molecule has 0 spiro atoms. The molecule has 4 nitrogen and oxygen atoms in total. The first-order valence-electron chi connectivity index (χ1n) is 5.63. The number of carboxylic acids is 1. The van der Waals surface area contributed by atoms with E-state index in [1.807, 2.05) is 37.7 Å². The third-order valence-corrected chi connectivity index (χ3v) is 3.49. The molecular weight excluding hydrogens is 248 g/mol. The standard InChI is InChI=1S/C13H14N2O2S/c1-3-11-9(8-15(2)14-11)7-10(13(16)17)12-5-4-6-18-12/h4-8H,3H2,1-2H3,(H,16,17)/b10-7+. The van der Waals surface area contributed by atoms with Crippen LogP contribution in [0.4, 0.5) is 0 Å². The lowest BCUT2D eigenvalue weighted by molar-refractivity contribution is -0.130. The third kappa shape index (κ3) is 2.51. The Bertz CT molecular complexity index is 582. The van der Waals surface area contributed by atoms with E-state index in [1.165, 1.54) is 11.3 Å². The van der Waals surface area contributed by atoms with Crippen molar-refractivity contribution in [2.24, 2.45) is 7.05 Å². The molecule has 5 heteroatoms. The Balaban J connectivity index is 2.48. The van der Waals surface area contributed by atoms with Gasteiger partial charge in [0.2, 0.25) is 0 Å². The van der Waals surface area contributed by atoms with Crippen LogP contribution in [-0.4, -0.2) is 20.9 Å². The van der Waals surface area contributed by atoms with E-state index < -0.39 is 5.97 Å². The van der Waals surface area contributed by atoms with Crippen LogP contribution in [0.3, 0.4) is 0 Å². The van der Waals surface area contributed by atoms with Gasteiger partial charge in [-0.15, -0.1) is 11.3 Å². The molecule has 0 atom stereocenters. The number of aryl methyl sites for hydroxylation is 2. The molecule has 0 aromatic carbocycles. The summed E-state index contributed by atoms with van der Waals surface area (Å²) in [5, 5.41) is 15.5. The van der Waals surface area contributed by atoms with Gasteiger partial charge < -0.3 is 5.11 Å². The van der Waals surface area contributed by atoms with Crippen LogP contribution in [0.25, 0.3) is 11.6 Å². The van der Waals surface area contributed by atoms with Crippen molar-refractivity contribution in [3.05, 3.63) is 39.8 Å². The molecule has 18 heavy (non-hydrogen) atoms. The molecule has 0 unspecified atom stereocenters. The Morgan fingerprint density at radius 3 is 2.94 bits per heavy atom. The summed E-state index contributed by atoms with van der Waals surface area (Å²) < 4.78 is 1.71. The molecular formula is C13H14N2O2S. The first kappa shape index (κ1) is 12.6. The molecule has 0 aliphatic heterocycles. The van der Waals surface area contributed by atoms with Crippen molar-refractivity contribution in [3.8, 4) is 0 Å². The fraction of sp³-hybridized carbons (Fsp3) is 0.231. The van der Waals surface area contributed by atoms with Crippen LogP contribution in [0.15, 0.2) is 23.7 Å². The summed E-state index contributed by atoms with van der Waals surface area (Å²) in [5.74, 6) is -0.914. The van der Waals surface area contributed by atoms with E-state index in [0.29, 0.717) is 5.57 Å². The molecule has 0 aliphatic carbocycles. The van der Waals surface area contributed by atoms with Crippen LogP contribution in [0.2, 0.25) is 0 Å². The summed E-state index contributed by atoms with van der Waals surface area (Å²) in [4.78, 5) is 12.1. The van der Waals surface area contributed by atoms with Crippen molar-refractivity contribution in [2.45, 2.75) is 13.3 Å². The van der Waals surface area contributed by atoms with Crippen molar-refractivity contribution < 1.29 is 9.90 Å². The van der Waals surface area contributed by atoms with E-state index in [2.05, 4.69) is 5.10 Å². The summed E-state index contributed by atoms with van der Waals surface area (Å²) in [7, 11) is 1.84. The number of thiophene rings is 1. The van der Waals surface area contributed by atoms with E-state index in [0.717, 1.165) is 22.6 Å². The lowest BCUT2D eigenvalue weighted by Crippen LogP contribution is -1.98. The van der Waals surface area contributed by atoms with Gasteiger partial charge in [0, 0.05) is 23.7 Å². The molecule has 0 saturated carbocycles. The number of hydrogen-bond donors (Lipinski definition) is 1. The zero-order valence-electron chi connectivity index (χ0n) is 10.3. The highest BCUT2D eigenvalue weighted by atomic mass is 32.1. The maximum Gasteiger partial charge on any atom is 0.337 e. The van der Waals surface area contributed by atoms with E-state index in [1.54, 1.807) is 10.8 Å². The summed E-state index contributed by atoms with van der Waals surface area (Å²) in [6.45, 7) is 2.01. The van der Waals surface area contributed by atoms with E-state index in [4.69, 9.17) is 0 Å². The summed E-state index contributed by atoms with van der Waals surface area (Å²) >= 11 is 1.42. The molecule has 2 aromatic rings. The number of aliphatic carboxylic acids is 1. The van der Waals surface area contributed by atoms with Gasteiger partial charge >= 0.3 is 5.97 Å². The number of carbonyl (C=O) groups is 1. The minimum Gasteiger partial charge on any atom is -0.478 e. The number of nitrogens with zero attached hydrogens (tertiary/aromatic N) is 2. The first-order chi connectivity index (χ1) is 8.61. The van der Waals surface area contributed by atoms with Gasteiger partial charge in [-0.1, -0.05) is 13.0 Å². The fourth-order valence-corrected chi connectivity index (χ4v) is 2.51. The van der Waals surface area contributed by atoms with E-state index in [-0.39, 0.29) is 0 Å². The number of carboxylic acid groups (broad SMARTS) is 1. The fourth-order valence-electron chi connectivity index (χ4n) is 1.77. The first-order valence-corrected chi connectivity index (χ1v) is 6.51. The average Bonchev–Trinajstić information content (AvgIpc) is 2.94. The highest BCUT2D eigenvalue weighted by Crippen LogP contribution is 2.24. The van der Waals surface area contributed by atoms with Crippen LogP contribution >= 0.6 is 11.3 Å². The highest BCUT2D eigenvalue weighted by Gasteiger charge is 2.13. The monoisotopic (exact) mass is 262 g/mol. The molecule has 0 fully saturated rings. The lowest BCUT2D eigenvalue weighted by Gasteiger charge is -1.99. The molecule has 0 saturated heterocycles. The Kier molecular flexibility index (Phi) is 3.62. The van der Waals surface area contributed by atoms with Crippen LogP contribution in [-0.2, 0) is 18.3 Å². The molecule has 0 radical (unpaired) electrons. The van der Waals surface area contributed by atoms with Gasteiger partial charge in [-0.25, -0.2) is 4.79 Å². The Labute approximate surface area is 109 Å². The second-order valence-corrected chi connectivity index (χ2v) is 4.85. The minimum absolute atomic E-state index is 0.313. The average molecular weight is 262 g/mol. The normalized spacial score (nSPS) is 11.8. The van der Waals surface area contributed by atoms with Crippen molar-refractivity contribution in [2.75, 3.05) is 0 Å². The largest absolute Gasteiger partial charge is 0.478 e. The van der Waals surface area contributed by atoms with Crippen molar-refractivity contribution in [1.29, 1.82) is 0 Å². The SMILES string of the molecule is CCc1nn(C)cc1/C=C(/C(=O)O)c1cccs1. The van der Waals surface area contributed by atoms with Crippen LogP contribution in [0.5, 0.6) is 0 Å². The smallest absolute Gasteiger partial charge is 0.337 e. The van der Waals surface area contributed by atoms with Crippen LogP contribution in [0, 0.1) is 0 Å². The summed E-state index contributed by atoms with van der Waals surface area (Å²) in [6.07, 6.45) is 4.32. The molecule has 0 aliphatic rings. The third-order valence-electron chi connectivity index (χ3n) is 2.59. The minimum atomic E-state index is -0.914. The molecule has 0 bridgehead atoms. The molecule has 0 amide bonds. The van der Waals surface area contributed by atoms with Gasteiger partial charge in [0.25, 0.3) is 0 Å². The van der Waals surface area contributed by atoms with Gasteiger partial charge in [0.1, 0.15) is 0 Å². The molecule has 2 heterocycles. The van der Waals surface area contributed by atoms with Crippen LogP contribution in [0.1, 0.15) is 23.1 Å². The maximum absolute atomic E-state index is 11.3. The molecule has 94 valence electrons. The zero-order valence-corrected chi connectivity index (χ0v) is 11.1. The van der Waals surface area contributed by atoms with Crippen molar-refractivity contribution in [3.63, 3.8) is 0 Å². The second kappa shape index (κ2) is 5.18. The van der Waals surface area contributed by atoms with Gasteiger partial charge in [-0.05, 0) is 23.9 Å². The molecule has 2 aromatic heterocycles. The number of aromatic nitrogens is 2. The maximum atomic E-state index is 11.3. The number of hydrogen-bond acceptors (Lipinski definition) is 3. The molecule has 2 rings (SSSR count). The Morgan fingerprint density at radius 1 is 1.61 bits per heavy atom. The Hall–Kier alpha value is -1.88. The van der Waals surface area contributed by atoms with Gasteiger partial charge in [-0.2, -0.15) is 5.10 Å². The van der Waals surface area contributed by atoms with E-state index in [9.17, 15) is 9.90 Å². The van der Waals surface area contributed by atoms with Crippen molar-refractivity contribution in [1.82, 2.24) is 9.78 Å². The lowest BCUT2D eigenvalue weighted by atomic mass is 10.1. The highest BCUT2D eigenvalue weighted by molar-refractivity contribution is 7.11. The van der Waals surface area contributed by atoms with Gasteiger partial charge in [0.15, 0.2) is 0 Å². The Morgan fingerprint density at radius 2 is 2.39 bits per heavy atom. The molecule has 1 N–H and O–H groups in total. The summed E-state index contributed by atoms with van der Waals surface area (Å²) in [5.41, 5.74) is 2.09. The van der Waals surface area contributed by atoms with Crippen LogP contribution < -0.4 is 0 Å². The summed E-state index contributed by atoms with van der Waals surface area (Å²) in [6, 6.07) is 3.66. The van der Waals surface area contributed by atoms with Crippen molar-refractivity contribution >= 4 is 29.0 Å². The number of rotatable bonds is 4. The quantitative estimate of drug-likeness (QED) is 0.862. The second-order valence-electron chi connectivity index (χ2n) is 3.90. The van der Waals surface area contributed by atoms with E-state index >= 15 is 0 Å². The topological polar surface area (TPSA) is 55.1 Å². The van der Waals surface area contributed by atoms with Gasteiger partial charge in [0.05, 0.1) is 11.3 Å².